The third kappa shape index (κ3) is 5.99. The lowest BCUT2D eigenvalue weighted by atomic mass is 9.69. The number of esters is 1. The Balaban J connectivity index is 1.40. The quantitative estimate of drug-likeness (QED) is 0.222. The summed E-state index contributed by atoms with van der Waals surface area (Å²) in [6.45, 7) is 8.37. The number of carbonyl (C=O) groups is 2. The largest absolute Gasteiger partial charge is 0.454 e. The molecule has 226 valence electrons. The first-order valence-electron chi connectivity index (χ1n) is 14.5. The first kappa shape index (κ1) is 30.0. The van der Waals surface area contributed by atoms with E-state index < -0.39 is 18.0 Å². The number of aromatic nitrogens is 1. The summed E-state index contributed by atoms with van der Waals surface area (Å²) in [5.41, 5.74) is 4.99. The highest BCUT2D eigenvalue weighted by Gasteiger charge is 2.36. The van der Waals surface area contributed by atoms with E-state index in [1.54, 1.807) is 12.1 Å². The fourth-order valence-corrected chi connectivity index (χ4v) is 6.13. The van der Waals surface area contributed by atoms with Gasteiger partial charge in [0, 0.05) is 10.4 Å². The molecule has 0 fully saturated rings. The molecular formula is C35H32Cl2N2O5. The first-order chi connectivity index (χ1) is 21.0. The van der Waals surface area contributed by atoms with Crippen LogP contribution >= 0.6 is 23.2 Å². The Morgan fingerprint density at radius 1 is 1.02 bits per heavy atom. The predicted octanol–water partition coefficient (Wildman–Crippen LogP) is 8.60. The molecule has 0 bridgehead atoms. The van der Waals surface area contributed by atoms with Crippen LogP contribution in [0.4, 0.5) is 5.69 Å². The van der Waals surface area contributed by atoms with E-state index in [0.717, 1.165) is 34.6 Å². The van der Waals surface area contributed by atoms with E-state index in [9.17, 15) is 9.59 Å². The van der Waals surface area contributed by atoms with Crippen LogP contribution in [0.5, 0.6) is 11.5 Å². The van der Waals surface area contributed by atoms with Crippen LogP contribution in [0.2, 0.25) is 10.0 Å². The third-order valence-electron chi connectivity index (χ3n) is 8.22. The number of pyridine rings is 1. The summed E-state index contributed by atoms with van der Waals surface area (Å²) >= 11 is 12.2. The van der Waals surface area contributed by atoms with Gasteiger partial charge in [-0.2, -0.15) is 0 Å². The van der Waals surface area contributed by atoms with Crippen molar-refractivity contribution in [1.29, 1.82) is 0 Å². The van der Waals surface area contributed by atoms with Gasteiger partial charge in [0.15, 0.2) is 17.6 Å². The van der Waals surface area contributed by atoms with Crippen molar-refractivity contribution in [3.63, 3.8) is 0 Å². The van der Waals surface area contributed by atoms with E-state index in [4.69, 9.17) is 42.4 Å². The Kier molecular flexibility index (Phi) is 8.03. The van der Waals surface area contributed by atoms with Crippen molar-refractivity contribution in [2.75, 3.05) is 12.1 Å². The molecule has 2 aliphatic rings. The van der Waals surface area contributed by atoms with Crippen LogP contribution in [-0.2, 0) is 16.0 Å². The number of hydrogen-bond donors (Lipinski definition) is 1. The normalized spacial score (nSPS) is 17.3. The second-order valence-corrected chi connectivity index (χ2v) is 13.1. The summed E-state index contributed by atoms with van der Waals surface area (Å²) in [5.74, 6) is 0.546. The fourth-order valence-electron chi connectivity index (χ4n) is 5.67. The maximum absolute atomic E-state index is 14.0. The van der Waals surface area contributed by atoms with Gasteiger partial charge in [-0.3, -0.25) is 4.79 Å². The molecule has 1 aromatic heterocycles. The van der Waals surface area contributed by atoms with Crippen molar-refractivity contribution in [2.24, 2.45) is 11.3 Å². The number of nitrogens with one attached hydrogen (secondary N) is 1. The number of allylic oxidation sites excluding steroid dienone is 1. The van der Waals surface area contributed by atoms with Crippen molar-refractivity contribution in [2.45, 2.75) is 46.6 Å². The standard InChI is InChI=1S/C35H32Cl2N2O5/c1-19(33(40)39-28-11-10-23(36)17-26(28)37)44-34(41)31-24-7-5-6-8-27(24)38-32-21(15-22(16-25(31)32)35(2,3)4)13-20-9-12-29-30(14-20)43-18-42-29/h5-14,17,19,22H,15-16,18H2,1-4H3,(H,39,40). The van der Waals surface area contributed by atoms with Gasteiger partial charge in [0.05, 0.1) is 27.5 Å². The van der Waals surface area contributed by atoms with Crippen LogP contribution in [0.1, 0.15) is 61.3 Å². The van der Waals surface area contributed by atoms with Crippen molar-refractivity contribution < 1.29 is 23.8 Å². The Morgan fingerprint density at radius 3 is 2.57 bits per heavy atom. The smallest absolute Gasteiger partial charge is 0.339 e. The zero-order valence-corrected chi connectivity index (χ0v) is 26.4. The maximum Gasteiger partial charge on any atom is 0.339 e. The van der Waals surface area contributed by atoms with E-state index in [1.165, 1.54) is 13.0 Å². The molecule has 7 nitrogen and oxygen atoms in total. The molecular weight excluding hydrogens is 599 g/mol. The predicted molar refractivity (Wildman–Crippen MR) is 173 cm³/mol. The van der Waals surface area contributed by atoms with Crippen molar-refractivity contribution in [1.82, 2.24) is 4.98 Å². The lowest BCUT2D eigenvalue weighted by Crippen LogP contribution is -2.32. The van der Waals surface area contributed by atoms with Crippen molar-refractivity contribution >= 4 is 63.3 Å². The molecule has 4 aromatic rings. The van der Waals surface area contributed by atoms with Crippen LogP contribution in [0.25, 0.3) is 22.6 Å². The molecule has 6 rings (SSSR count). The van der Waals surface area contributed by atoms with Crippen LogP contribution < -0.4 is 14.8 Å². The molecule has 3 aromatic carbocycles. The minimum atomic E-state index is -1.09. The molecule has 2 atom stereocenters. The molecule has 0 spiro atoms. The number of ether oxygens (including phenoxy) is 3. The lowest BCUT2D eigenvalue weighted by Gasteiger charge is -2.36. The summed E-state index contributed by atoms with van der Waals surface area (Å²) < 4.78 is 16.9. The van der Waals surface area contributed by atoms with Gasteiger partial charge in [0.25, 0.3) is 5.91 Å². The lowest BCUT2D eigenvalue weighted by molar-refractivity contribution is -0.123. The van der Waals surface area contributed by atoms with Crippen LogP contribution in [0.3, 0.4) is 0 Å². The van der Waals surface area contributed by atoms with E-state index in [-0.39, 0.29) is 23.1 Å². The second kappa shape index (κ2) is 11.8. The number of amides is 1. The molecule has 44 heavy (non-hydrogen) atoms. The summed E-state index contributed by atoms with van der Waals surface area (Å²) in [5, 5.41) is 4.14. The van der Waals surface area contributed by atoms with E-state index in [1.807, 2.05) is 42.5 Å². The number of carbonyl (C=O) groups excluding carboxylic acids is 2. The molecule has 0 radical (unpaired) electrons. The van der Waals surface area contributed by atoms with Crippen LogP contribution in [-0.4, -0.2) is 29.8 Å². The number of nitrogens with zero attached hydrogens (tertiary/aromatic N) is 1. The highest BCUT2D eigenvalue weighted by Crippen LogP contribution is 2.45. The number of hydrogen-bond acceptors (Lipinski definition) is 6. The van der Waals surface area contributed by atoms with Crippen molar-refractivity contribution in [3.05, 3.63) is 93.1 Å². The number of benzene rings is 3. The van der Waals surface area contributed by atoms with Crippen LogP contribution in [0.15, 0.2) is 60.7 Å². The first-order valence-corrected chi connectivity index (χ1v) is 15.2. The Hall–Kier alpha value is -4.07. The van der Waals surface area contributed by atoms with E-state index in [2.05, 4.69) is 32.2 Å². The molecule has 2 unspecified atom stereocenters. The van der Waals surface area contributed by atoms with Gasteiger partial charge in [-0.1, -0.05) is 68.2 Å². The minimum absolute atomic E-state index is 0.0521. The highest BCUT2D eigenvalue weighted by atomic mass is 35.5. The van der Waals surface area contributed by atoms with Gasteiger partial charge in [-0.25, -0.2) is 9.78 Å². The SMILES string of the molecule is CC(OC(=O)c1c2c(nc3ccccc13)C(=Cc1ccc3c(c1)OCO3)CC(C(C)(C)C)C2)C(=O)Nc1ccc(Cl)cc1Cl. The topological polar surface area (TPSA) is 86.8 Å². The minimum Gasteiger partial charge on any atom is -0.454 e. The highest BCUT2D eigenvalue weighted by molar-refractivity contribution is 6.36. The Labute approximate surface area is 266 Å². The van der Waals surface area contributed by atoms with Gasteiger partial charge in [-0.05, 0) is 90.3 Å². The average Bonchev–Trinajstić information content (AvgIpc) is 3.45. The molecule has 1 aliphatic carbocycles. The van der Waals surface area contributed by atoms with Crippen molar-refractivity contribution in [3.8, 4) is 11.5 Å². The number of halogens is 2. The maximum atomic E-state index is 14.0. The molecule has 1 amide bonds. The molecule has 9 heteroatoms. The number of para-hydroxylation sites is 1. The van der Waals surface area contributed by atoms with E-state index in [0.29, 0.717) is 39.3 Å². The Morgan fingerprint density at radius 2 is 1.80 bits per heavy atom. The van der Waals surface area contributed by atoms with Gasteiger partial charge >= 0.3 is 5.97 Å². The number of rotatable bonds is 5. The zero-order chi connectivity index (χ0) is 31.2. The summed E-state index contributed by atoms with van der Waals surface area (Å²) in [7, 11) is 0. The van der Waals surface area contributed by atoms with Gasteiger partial charge in [0.1, 0.15) is 0 Å². The number of fused-ring (bicyclic) bond motifs is 3. The summed E-state index contributed by atoms with van der Waals surface area (Å²) in [4.78, 5) is 32.2. The monoisotopic (exact) mass is 630 g/mol. The number of anilines is 1. The fraction of sp³-hybridized carbons (Fsp3) is 0.286. The van der Waals surface area contributed by atoms with Gasteiger partial charge in [-0.15, -0.1) is 0 Å². The third-order valence-corrected chi connectivity index (χ3v) is 8.77. The second-order valence-electron chi connectivity index (χ2n) is 12.2. The van der Waals surface area contributed by atoms with Gasteiger partial charge in [0.2, 0.25) is 6.79 Å². The Bertz CT molecular complexity index is 1830. The summed E-state index contributed by atoms with van der Waals surface area (Å²) in [6, 6.07) is 18.1. The molecule has 2 heterocycles. The molecule has 0 saturated carbocycles. The van der Waals surface area contributed by atoms with E-state index >= 15 is 0 Å². The van der Waals surface area contributed by atoms with Gasteiger partial charge < -0.3 is 19.5 Å². The van der Waals surface area contributed by atoms with Crippen LogP contribution in [0, 0.1) is 11.3 Å². The summed E-state index contributed by atoms with van der Waals surface area (Å²) in [6.07, 6.45) is 2.44. The molecule has 1 aliphatic heterocycles. The molecule has 0 saturated heterocycles. The zero-order valence-electron chi connectivity index (χ0n) is 24.9. The average molecular weight is 632 g/mol. The molecule has 1 N–H and O–H groups in total.